The van der Waals surface area contributed by atoms with Gasteiger partial charge in [-0.3, -0.25) is 0 Å². The van der Waals surface area contributed by atoms with E-state index < -0.39 is 0 Å². The fourth-order valence-electron chi connectivity index (χ4n) is 3.37. The third-order valence-electron chi connectivity index (χ3n) is 4.53. The van der Waals surface area contributed by atoms with E-state index in [1.54, 1.807) is 6.07 Å². The van der Waals surface area contributed by atoms with Crippen molar-refractivity contribution in [2.45, 2.75) is 26.3 Å². The van der Waals surface area contributed by atoms with Gasteiger partial charge in [0.1, 0.15) is 11.3 Å². The van der Waals surface area contributed by atoms with Crippen molar-refractivity contribution in [1.29, 1.82) is 0 Å². The zero-order chi connectivity index (χ0) is 18.3. The Labute approximate surface area is 160 Å². The van der Waals surface area contributed by atoms with E-state index in [0.29, 0.717) is 34.7 Å². The van der Waals surface area contributed by atoms with E-state index in [4.69, 9.17) is 32.4 Å². The SMILES string of the molecule is CCCc1cc(=O)oc2c3c(c(Cl)cc12)OCN(c1cccc(Cl)c1)C3. The Hall–Kier alpha value is -2.17. The normalized spacial score (nSPS) is 13.6. The molecule has 0 aliphatic carbocycles. The van der Waals surface area contributed by atoms with Crippen molar-refractivity contribution in [3.63, 3.8) is 0 Å². The van der Waals surface area contributed by atoms with E-state index in [0.717, 1.165) is 35.0 Å². The molecule has 3 aromatic rings. The van der Waals surface area contributed by atoms with Crippen molar-refractivity contribution < 1.29 is 9.15 Å². The van der Waals surface area contributed by atoms with E-state index >= 15 is 0 Å². The van der Waals surface area contributed by atoms with Crippen LogP contribution in [0, 0.1) is 0 Å². The first kappa shape index (κ1) is 17.3. The Bertz CT molecular complexity index is 1050. The van der Waals surface area contributed by atoms with Gasteiger partial charge >= 0.3 is 5.63 Å². The molecule has 0 amide bonds. The van der Waals surface area contributed by atoms with Crippen molar-refractivity contribution in [1.82, 2.24) is 0 Å². The third kappa shape index (κ3) is 3.04. The van der Waals surface area contributed by atoms with Crippen LogP contribution in [0.15, 0.2) is 45.6 Å². The second-order valence-corrected chi connectivity index (χ2v) is 7.18. The number of fused-ring (bicyclic) bond motifs is 3. The summed E-state index contributed by atoms with van der Waals surface area (Å²) in [4.78, 5) is 14.1. The molecule has 0 unspecified atom stereocenters. The van der Waals surface area contributed by atoms with E-state index in [1.165, 1.54) is 0 Å². The number of anilines is 1. The highest BCUT2D eigenvalue weighted by Gasteiger charge is 2.25. The van der Waals surface area contributed by atoms with Crippen LogP contribution in [0.3, 0.4) is 0 Å². The van der Waals surface area contributed by atoms with Gasteiger partial charge in [-0.25, -0.2) is 4.79 Å². The summed E-state index contributed by atoms with van der Waals surface area (Å²) in [5.74, 6) is 0.578. The van der Waals surface area contributed by atoms with Crippen molar-refractivity contribution in [2.24, 2.45) is 0 Å². The molecular weight excluding hydrogens is 373 g/mol. The fourth-order valence-corrected chi connectivity index (χ4v) is 3.83. The van der Waals surface area contributed by atoms with Gasteiger partial charge in [0.25, 0.3) is 0 Å². The minimum atomic E-state index is -0.356. The van der Waals surface area contributed by atoms with Crippen molar-refractivity contribution in [2.75, 3.05) is 11.6 Å². The van der Waals surface area contributed by atoms with Crippen LogP contribution in [-0.4, -0.2) is 6.73 Å². The maximum atomic E-state index is 12.1. The average Bonchev–Trinajstić information content (AvgIpc) is 2.63. The monoisotopic (exact) mass is 389 g/mol. The second-order valence-electron chi connectivity index (χ2n) is 6.33. The topological polar surface area (TPSA) is 42.7 Å². The molecule has 4 rings (SSSR count). The fraction of sp³-hybridized carbons (Fsp3) is 0.250. The van der Waals surface area contributed by atoms with Gasteiger partial charge in [-0.05, 0) is 36.2 Å². The zero-order valence-corrected chi connectivity index (χ0v) is 15.7. The number of nitrogens with zero attached hydrogens (tertiary/aromatic N) is 1. The van der Waals surface area contributed by atoms with Gasteiger partial charge in [0.05, 0.1) is 17.1 Å². The quantitative estimate of drug-likeness (QED) is 0.561. The molecule has 6 heteroatoms. The van der Waals surface area contributed by atoms with Crippen LogP contribution in [0.25, 0.3) is 11.0 Å². The summed E-state index contributed by atoms with van der Waals surface area (Å²) in [7, 11) is 0. The predicted octanol–water partition coefficient (Wildman–Crippen LogP) is 5.41. The highest BCUT2D eigenvalue weighted by atomic mass is 35.5. The van der Waals surface area contributed by atoms with Gasteiger partial charge in [0, 0.05) is 22.2 Å². The Kier molecular flexibility index (Phi) is 4.55. The van der Waals surface area contributed by atoms with Crippen LogP contribution in [0.2, 0.25) is 10.0 Å². The summed E-state index contributed by atoms with van der Waals surface area (Å²) in [6.45, 7) is 2.94. The highest BCUT2D eigenvalue weighted by Crippen LogP contribution is 2.40. The third-order valence-corrected chi connectivity index (χ3v) is 5.04. The minimum Gasteiger partial charge on any atom is -0.471 e. The molecule has 26 heavy (non-hydrogen) atoms. The van der Waals surface area contributed by atoms with Gasteiger partial charge in [-0.1, -0.05) is 42.6 Å². The largest absolute Gasteiger partial charge is 0.471 e. The van der Waals surface area contributed by atoms with E-state index in [9.17, 15) is 4.79 Å². The van der Waals surface area contributed by atoms with Crippen LogP contribution in [-0.2, 0) is 13.0 Å². The van der Waals surface area contributed by atoms with E-state index in [-0.39, 0.29) is 5.63 Å². The summed E-state index contributed by atoms with van der Waals surface area (Å²) in [5.41, 5.74) is 2.86. The van der Waals surface area contributed by atoms with Gasteiger partial charge in [0.15, 0.2) is 6.73 Å². The molecule has 0 N–H and O–H groups in total. The maximum Gasteiger partial charge on any atom is 0.336 e. The molecule has 0 bridgehead atoms. The molecule has 2 heterocycles. The molecule has 4 nitrogen and oxygen atoms in total. The van der Waals surface area contributed by atoms with Crippen molar-refractivity contribution >= 4 is 39.9 Å². The van der Waals surface area contributed by atoms with Gasteiger partial charge in [-0.2, -0.15) is 0 Å². The number of rotatable bonds is 3. The molecule has 1 aliphatic rings. The molecule has 0 saturated heterocycles. The van der Waals surface area contributed by atoms with Crippen molar-refractivity contribution in [3.05, 3.63) is 68.0 Å². The standard InChI is InChI=1S/C20H17Cl2NO3/c1-2-4-12-7-18(24)26-19-15(12)9-17(22)20-16(19)10-23(11-25-20)14-6-3-5-13(21)8-14/h3,5-9H,2,4,10-11H2,1H3. The predicted molar refractivity (Wildman–Crippen MR) is 105 cm³/mol. The number of hydrogen-bond acceptors (Lipinski definition) is 4. The Morgan fingerprint density at radius 2 is 2.04 bits per heavy atom. The van der Waals surface area contributed by atoms with Crippen molar-refractivity contribution in [3.8, 4) is 5.75 Å². The molecule has 1 aliphatic heterocycles. The number of ether oxygens (including phenoxy) is 1. The smallest absolute Gasteiger partial charge is 0.336 e. The molecule has 0 fully saturated rings. The van der Waals surface area contributed by atoms with Crippen LogP contribution in [0.1, 0.15) is 24.5 Å². The number of benzene rings is 2. The van der Waals surface area contributed by atoms with Gasteiger partial charge in [-0.15, -0.1) is 0 Å². The maximum absolute atomic E-state index is 12.1. The molecule has 0 saturated carbocycles. The van der Waals surface area contributed by atoms with Crippen LogP contribution in [0.4, 0.5) is 5.69 Å². The van der Waals surface area contributed by atoms with Gasteiger partial charge in [0.2, 0.25) is 0 Å². The second kappa shape index (κ2) is 6.86. The number of aryl methyl sites for hydroxylation is 1. The van der Waals surface area contributed by atoms with Crippen LogP contribution < -0.4 is 15.3 Å². The lowest BCUT2D eigenvalue weighted by Crippen LogP contribution is -2.32. The molecule has 0 radical (unpaired) electrons. The summed E-state index contributed by atoms with van der Waals surface area (Å²) in [6, 6.07) is 10.9. The van der Waals surface area contributed by atoms with Gasteiger partial charge < -0.3 is 14.1 Å². The molecule has 1 aromatic heterocycles. The lowest BCUT2D eigenvalue weighted by atomic mass is 10.0. The lowest BCUT2D eigenvalue weighted by molar-refractivity contribution is 0.289. The Morgan fingerprint density at radius 3 is 2.81 bits per heavy atom. The first-order chi connectivity index (χ1) is 12.6. The highest BCUT2D eigenvalue weighted by molar-refractivity contribution is 6.33. The zero-order valence-electron chi connectivity index (χ0n) is 14.2. The molecule has 0 atom stereocenters. The summed E-state index contributed by atoms with van der Waals surface area (Å²) in [5, 5.41) is 2.05. The Morgan fingerprint density at radius 1 is 1.19 bits per heavy atom. The number of halogens is 2. The lowest BCUT2D eigenvalue weighted by Gasteiger charge is -2.31. The molecule has 0 spiro atoms. The Balaban J connectivity index is 1.87. The average molecular weight is 390 g/mol. The van der Waals surface area contributed by atoms with E-state index in [2.05, 4.69) is 6.92 Å². The van der Waals surface area contributed by atoms with Crippen LogP contribution in [0.5, 0.6) is 5.75 Å². The summed E-state index contributed by atoms with van der Waals surface area (Å²) in [6.07, 6.45) is 1.72. The minimum absolute atomic E-state index is 0.345. The first-order valence-corrected chi connectivity index (χ1v) is 9.24. The number of hydrogen-bond donors (Lipinski definition) is 0. The molecule has 134 valence electrons. The molecule has 2 aromatic carbocycles. The summed E-state index contributed by atoms with van der Waals surface area (Å²) >= 11 is 12.6. The first-order valence-electron chi connectivity index (χ1n) is 8.48. The summed E-state index contributed by atoms with van der Waals surface area (Å²) < 4.78 is 11.5. The van der Waals surface area contributed by atoms with E-state index in [1.807, 2.05) is 35.2 Å². The molecular formula is C20H17Cl2NO3. The van der Waals surface area contributed by atoms with Crippen LogP contribution >= 0.6 is 23.2 Å².